The summed E-state index contributed by atoms with van der Waals surface area (Å²) in [4.78, 5) is 58.6. The zero-order valence-electron chi connectivity index (χ0n) is 44.2. The topological polar surface area (TPSA) is 166 Å². The van der Waals surface area contributed by atoms with E-state index in [1.807, 2.05) is 58.1 Å². The number of amides is 1. The summed E-state index contributed by atoms with van der Waals surface area (Å²) in [6.07, 6.45) is 16.3. The van der Waals surface area contributed by atoms with Crippen LogP contribution in [-0.2, 0) is 57.1 Å². The maximum Gasteiger partial charge on any atom is 0.296 e. The van der Waals surface area contributed by atoms with Gasteiger partial charge < -0.3 is 47.9 Å². The van der Waals surface area contributed by atoms with Crippen LogP contribution in [0.1, 0.15) is 126 Å². The summed E-state index contributed by atoms with van der Waals surface area (Å²) in [5.41, 5.74) is 1.65. The minimum Gasteiger partial charge on any atom is -0.382 e. The van der Waals surface area contributed by atoms with Crippen LogP contribution in [-0.4, -0.2) is 150 Å². The van der Waals surface area contributed by atoms with E-state index in [2.05, 4.69) is 19.9 Å². The highest BCUT2D eigenvalue weighted by Crippen LogP contribution is 2.38. The minimum atomic E-state index is -2.30. The number of carbonyl (C=O) groups excluding carboxylic acids is 4. The van der Waals surface area contributed by atoms with Gasteiger partial charge in [-0.2, -0.15) is 0 Å². The largest absolute Gasteiger partial charge is 0.382 e. The van der Waals surface area contributed by atoms with Crippen LogP contribution in [0, 0.1) is 35.5 Å². The van der Waals surface area contributed by atoms with Gasteiger partial charge in [-0.3, -0.25) is 19.2 Å². The fourth-order valence-corrected chi connectivity index (χ4v) is 11.0. The molecule has 3 heterocycles. The van der Waals surface area contributed by atoms with Crippen molar-refractivity contribution in [1.29, 1.82) is 0 Å². The summed E-state index contributed by atoms with van der Waals surface area (Å²) < 4.78 is 48.0. The number of carbonyl (C=O) groups is 4. The van der Waals surface area contributed by atoms with Gasteiger partial charge in [-0.25, -0.2) is 0 Å². The van der Waals surface area contributed by atoms with Crippen molar-refractivity contribution < 1.29 is 62.2 Å². The van der Waals surface area contributed by atoms with Crippen molar-refractivity contribution in [2.45, 2.75) is 180 Å². The smallest absolute Gasteiger partial charge is 0.296 e. The second-order valence-electron chi connectivity index (χ2n) is 20.7. The number of rotatable bonds is 11. The number of nitrogens with zero attached hydrogens (tertiary/aromatic N) is 1. The molecule has 3 fully saturated rings. The molecule has 1 N–H and O–H groups in total. The highest BCUT2D eigenvalue weighted by molar-refractivity contribution is 6.38. The van der Waals surface area contributed by atoms with Crippen molar-refractivity contribution >= 4 is 23.3 Å². The number of aliphatic hydroxyl groups is 1. The number of Topliss-reactive ketones (excluding diaryl/α,β-unsaturated/α-hetero) is 3. The molecule has 3 aliphatic heterocycles. The number of fused-ring (bicyclic) bond motifs is 3. The quantitative estimate of drug-likeness (QED) is 0.121. The molecule has 0 spiro atoms. The molecule has 2 bridgehead atoms. The van der Waals surface area contributed by atoms with E-state index >= 15 is 0 Å². The molecule has 0 radical (unpaired) electrons. The predicted octanol–water partition coefficient (Wildman–Crippen LogP) is 7.98. The van der Waals surface area contributed by atoms with Gasteiger partial charge in [0.25, 0.3) is 11.7 Å². The van der Waals surface area contributed by atoms with E-state index < -0.39 is 59.8 Å². The van der Waals surface area contributed by atoms with Crippen LogP contribution in [0.2, 0.25) is 0 Å². The van der Waals surface area contributed by atoms with Crippen molar-refractivity contribution in [3.05, 3.63) is 47.6 Å². The Morgan fingerprint density at radius 1 is 0.797 bits per heavy atom. The SMILES string of the molecule is COCCO[C@@H]1CC[C@@H](C[C@@H](C)[C@@H]2CC(=O)[C@H](C)/C=C(\C)[C@@H](OC)[C@@H](OC)C(=O)[C@H](C)C[C@H](C)/C=C/C=C/C=C(\C)[C@@H](OC)C[C@@H]3CC[C@@H](C)[C@@](O)(O3)C(=O)C(=O)N3CCCC[C@H]3CO2)C[C@H]1OC. The molecule has 0 aromatic carbocycles. The Labute approximate surface area is 414 Å². The van der Waals surface area contributed by atoms with Gasteiger partial charge >= 0.3 is 0 Å². The van der Waals surface area contributed by atoms with E-state index in [1.165, 1.54) is 7.11 Å². The summed E-state index contributed by atoms with van der Waals surface area (Å²) in [6, 6.07) is -0.448. The minimum absolute atomic E-state index is 0.0247. The average molecular weight is 972 g/mol. The predicted molar refractivity (Wildman–Crippen MR) is 265 cm³/mol. The van der Waals surface area contributed by atoms with Crippen LogP contribution in [0.15, 0.2) is 47.6 Å². The molecule has 15 atom stereocenters. The molecule has 1 saturated carbocycles. The number of ether oxygens (including phenoxy) is 8. The van der Waals surface area contributed by atoms with Crippen molar-refractivity contribution in [2.24, 2.45) is 35.5 Å². The molecule has 0 aromatic heterocycles. The first-order valence-electron chi connectivity index (χ1n) is 25.8. The normalized spacial score (nSPS) is 38.9. The molecule has 0 unspecified atom stereocenters. The first-order valence-corrected chi connectivity index (χ1v) is 25.8. The van der Waals surface area contributed by atoms with Crippen molar-refractivity contribution in [3.8, 4) is 0 Å². The van der Waals surface area contributed by atoms with Gasteiger partial charge in [0.1, 0.15) is 18.0 Å². The fraction of sp³-hybridized carbons (Fsp3) is 0.782. The Balaban J connectivity index is 1.68. The first-order chi connectivity index (χ1) is 32.9. The van der Waals surface area contributed by atoms with E-state index in [4.69, 9.17) is 37.9 Å². The molecule has 14 heteroatoms. The molecular weight excluding hydrogens is 883 g/mol. The number of hydrogen-bond acceptors (Lipinski definition) is 13. The number of piperidine rings is 1. The summed E-state index contributed by atoms with van der Waals surface area (Å²) in [5, 5.41) is 12.0. The summed E-state index contributed by atoms with van der Waals surface area (Å²) in [7, 11) is 8.07. The van der Waals surface area contributed by atoms with Gasteiger partial charge in [-0.1, -0.05) is 71.1 Å². The fourth-order valence-electron chi connectivity index (χ4n) is 11.0. The summed E-state index contributed by atoms with van der Waals surface area (Å²) >= 11 is 0. The number of hydrogen-bond donors (Lipinski definition) is 1. The van der Waals surface area contributed by atoms with E-state index in [0.717, 1.165) is 43.3 Å². The van der Waals surface area contributed by atoms with Crippen LogP contribution in [0.5, 0.6) is 0 Å². The lowest BCUT2D eigenvalue weighted by Crippen LogP contribution is -2.60. The third-order valence-electron chi connectivity index (χ3n) is 15.4. The first kappa shape index (κ1) is 58.6. The second-order valence-corrected chi connectivity index (χ2v) is 20.7. The van der Waals surface area contributed by atoms with Gasteiger partial charge in [0.15, 0.2) is 5.78 Å². The Kier molecular flexibility index (Phi) is 24.6. The highest BCUT2D eigenvalue weighted by atomic mass is 16.6. The monoisotopic (exact) mass is 972 g/mol. The molecule has 4 aliphatic rings. The van der Waals surface area contributed by atoms with E-state index in [9.17, 15) is 24.3 Å². The zero-order valence-corrected chi connectivity index (χ0v) is 44.2. The Morgan fingerprint density at radius 3 is 2.22 bits per heavy atom. The molecular formula is C55H89NO13. The molecule has 1 aliphatic carbocycles. The lowest BCUT2D eigenvalue weighted by atomic mass is 9.78. The molecule has 2 saturated heterocycles. The van der Waals surface area contributed by atoms with E-state index in [0.29, 0.717) is 64.2 Å². The van der Waals surface area contributed by atoms with Crippen molar-refractivity contribution in [1.82, 2.24) is 4.90 Å². The molecule has 4 rings (SSSR count). The van der Waals surface area contributed by atoms with Crippen LogP contribution < -0.4 is 0 Å². The third kappa shape index (κ3) is 16.6. The molecule has 14 nitrogen and oxygen atoms in total. The van der Waals surface area contributed by atoms with Gasteiger partial charge in [0, 0.05) is 72.7 Å². The van der Waals surface area contributed by atoms with Crippen LogP contribution in [0.4, 0.5) is 0 Å². The zero-order chi connectivity index (χ0) is 50.8. The van der Waals surface area contributed by atoms with Gasteiger partial charge in [0.05, 0.1) is 56.4 Å². The van der Waals surface area contributed by atoms with Gasteiger partial charge in [-0.15, -0.1) is 0 Å². The number of allylic oxidation sites excluding steroid dienone is 6. The Hall–Kier alpha value is -2.92. The Morgan fingerprint density at radius 2 is 1.54 bits per heavy atom. The third-order valence-corrected chi connectivity index (χ3v) is 15.4. The van der Waals surface area contributed by atoms with Crippen molar-refractivity contribution in [3.63, 3.8) is 0 Å². The van der Waals surface area contributed by atoms with Crippen LogP contribution in [0.25, 0.3) is 0 Å². The maximum absolute atomic E-state index is 14.4. The number of methoxy groups -OCH3 is 5. The molecule has 69 heavy (non-hydrogen) atoms. The second kappa shape index (κ2) is 28.9. The molecule has 392 valence electrons. The van der Waals surface area contributed by atoms with E-state index in [1.54, 1.807) is 40.3 Å². The molecule has 0 aromatic rings. The average Bonchev–Trinajstić information content (AvgIpc) is 3.33. The number of ketones is 3. The summed E-state index contributed by atoms with van der Waals surface area (Å²) in [5.74, 6) is -5.29. The Bertz CT molecular complexity index is 1760. The highest BCUT2D eigenvalue weighted by Gasteiger charge is 2.52. The lowest BCUT2D eigenvalue weighted by molar-refractivity contribution is -0.265. The lowest BCUT2D eigenvalue weighted by Gasteiger charge is -2.43. The maximum atomic E-state index is 14.4. The molecule has 1 amide bonds. The van der Waals surface area contributed by atoms with Crippen LogP contribution in [0.3, 0.4) is 0 Å². The van der Waals surface area contributed by atoms with Crippen molar-refractivity contribution in [2.75, 3.05) is 61.9 Å². The summed E-state index contributed by atoms with van der Waals surface area (Å²) in [6.45, 7) is 15.0. The van der Waals surface area contributed by atoms with Gasteiger partial charge in [0.2, 0.25) is 5.79 Å². The van der Waals surface area contributed by atoms with Gasteiger partial charge in [-0.05, 0) is 107 Å². The standard InChI is InChI=1S/C55H89NO13/c1-35-18-14-13-15-19-36(2)47(63-9)32-44-23-21-41(7)55(61,69-44)53(59)54(60)56-25-17-16-20-43(56)34-68-48(38(4)30-42-22-24-46(49(31-42)64-10)67-27-26-62-8)33-45(57)37(3)29-40(6)51(65-11)52(66-12)50(58)39(5)28-35/h13-15,18-19,29,35,37-39,41-44,46-49,51-52,61H,16-17,20-28,30-34H2,1-12H3/b15-13+,18-14+,36-19+,40-29+/t35-,37-,38-,39-,41-,42+,43+,44+,46-,47+,48+,49-,51-,52+,55-/m1/s1. The van der Waals surface area contributed by atoms with Crippen LogP contribution >= 0.6 is 0 Å². The van der Waals surface area contributed by atoms with E-state index in [-0.39, 0.29) is 60.7 Å².